The Balaban J connectivity index is 1.26. The highest BCUT2D eigenvalue weighted by Gasteiger charge is 2.40. The monoisotopic (exact) mass is 725 g/mol. The molecule has 0 aliphatic rings. The van der Waals surface area contributed by atoms with E-state index in [0.29, 0.717) is 6.42 Å². The van der Waals surface area contributed by atoms with E-state index < -0.39 is 11.6 Å². The molecule has 0 amide bonds. The number of aromatic nitrogens is 5. The summed E-state index contributed by atoms with van der Waals surface area (Å²) in [6.07, 6.45) is 7.13. The summed E-state index contributed by atoms with van der Waals surface area (Å²) >= 11 is 1.53. The standard InChI is InChI=1S/C46H36FN5OS/c1-2-12-41(53)45-49-39-25-21-32(27-42(39)54-45)40-28-48-43-26-22-33(29-51(40)43)38-30-52(50-44(38)31-19-23-37(47)24-20-31)46(34-13-6-3-7-14-34,35-15-8-4-9-16-35)36-17-10-5-11-18-36/h3-11,13-30,41,53H,2,12H2,1H3/t41-/m0/s1. The molecule has 8 heteroatoms. The molecule has 1 N–H and O–H groups in total. The average Bonchev–Trinajstić information content (AvgIpc) is 3.97. The van der Waals surface area contributed by atoms with Crippen molar-refractivity contribution in [2.45, 2.75) is 31.4 Å². The van der Waals surface area contributed by atoms with Crippen molar-refractivity contribution in [3.63, 3.8) is 0 Å². The van der Waals surface area contributed by atoms with Crippen LogP contribution in [-0.2, 0) is 5.54 Å². The molecular weight excluding hydrogens is 690 g/mol. The third-order valence-electron chi connectivity index (χ3n) is 10.1. The van der Waals surface area contributed by atoms with Crippen molar-refractivity contribution in [3.8, 4) is 33.6 Å². The number of rotatable bonds is 10. The van der Waals surface area contributed by atoms with Gasteiger partial charge in [0.2, 0.25) is 0 Å². The number of pyridine rings is 1. The maximum Gasteiger partial charge on any atom is 0.138 e. The van der Waals surface area contributed by atoms with E-state index in [1.54, 1.807) is 12.1 Å². The molecule has 4 heterocycles. The number of nitrogens with zero attached hydrogens (tertiary/aromatic N) is 5. The van der Waals surface area contributed by atoms with Gasteiger partial charge < -0.3 is 5.11 Å². The molecule has 264 valence electrons. The van der Waals surface area contributed by atoms with E-state index in [-0.39, 0.29) is 5.82 Å². The first kappa shape index (κ1) is 33.6. The zero-order valence-electron chi connectivity index (χ0n) is 29.5. The van der Waals surface area contributed by atoms with Gasteiger partial charge in [-0.2, -0.15) is 5.10 Å². The second-order valence-corrected chi connectivity index (χ2v) is 14.5. The zero-order valence-corrected chi connectivity index (χ0v) is 30.4. The first-order chi connectivity index (χ1) is 26.5. The van der Waals surface area contributed by atoms with Gasteiger partial charge in [-0.3, -0.25) is 9.08 Å². The lowest BCUT2D eigenvalue weighted by atomic mass is 9.77. The smallest absolute Gasteiger partial charge is 0.138 e. The Hall–Kier alpha value is -6.22. The predicted molar refractivity (Wildman–Crippen MR) is 215 cm³/mol. The Kier molecular flexibility index (Phi) is 8.69. The number of aliphatic hydroxyl groups is 1. The van der Waals surface area contributed by atoms with Crippen LogP contribution in [0.25, 0.3) is 49.5 Å². The molecule has 0 unspecified atom stereocenters. The van der Waals surface area contributed by atoms with Gasteiger partial charge in [0.15, 0.2) is 0 Å². The number of thiazole rings is 1. The van der Waals surface area contributed by atoms with Crippen molar-refractivity contribution in [3.05, 3.63) is 192 Å². The molecule has 0 aliphatic carbocycles. The van der Waals surface area contributed by atoms with Gasteiger partial charge in [0.25, 0.3) is 0 Å². The minimum Gasteiger partial charge on any atom is -0.386 e. The fourth-order valence-electron chi connectivity index (χ4n) is 7.51. The van der Waals surface area contributed by atoms with Gasteiger partial charge in [0.1, 0.15) is 33.8 Å². The Morgan fingerprint density at radius 3 is 1.96 bits per heavy atom. The van der Waals surface area contributed by atoms with Crippen LogP contribution in [0.15, 0.2) is 164 Å². The largest absolute Gasteiger partial charge is 0.386 e. The van der Waals surface area contributed by atoms with Crippen LogP contribution in [0.1, 0.15) is 47.6 Å². The number of benzene rings is 5. The normalized spacial score (nSPS) is 12.4. The van der Waals surface area contributed by atoms with E-state index in [9.17, 15) is 9.50 Å². The first-order valence-corrected chi connectivity index (χ1v) is 18.9. The van der Waals surface area contributed by atoms with E-state index in [2.05, 4.69) is 119 Å². The molecule has 0 saturated heterocycles. The van der Waals surface area contributed by atoms with Crippen molar-refractivity contribution in [2.24, 2.45) is 0 Å². The van der Waals surface area contributed by atoms with Crippen LogP contribution < -0.4 is 0 Å². The molecule has 0 radical (unpaired) electrons. The van der Waals surface area contributed by atoms with E-state index in [4.69, 9.17) is 15.1 Å². The van der Waals surface area contributed by atoms with Crippen molar-refractivity contribution in [1.29, 1.82) is 0 Å². The molecular formula is C46H36FN5OS. The van der Waals surface area contributed by atoms with Gasteiger partial charge >= 0.3 is 0 Å². The van der Waals surface area contributed by atoms with E-state index in [0.717, 1.165) is 77.6 Å². The third-order valence-corrected chi connectivity index (χ3v) is 11.2. The van der Waals surface area contributed by atoms with Gasteiger partial charge in [-0.05, 0) is 71.6 Å². The van der Waals surface area contributed by atoms with Gasteiger partial charge in [0, 0.05) is 34.6 Å². The molecule has 54 heavy (non-hydrogen) atoms. The molecule has 4 aromatic heterocycles. The average molecular weight is 726 g/mol. The molecule has 0 bridgehead atoms. The number of halogens is 1. The van der Waals surface area contributed by atoms with E-state index >= 15 is 0 Å². The highest BCUT2D eigenvalue weighted by molar-refractivity contribution is 7.18. The SMILES string of the molecule is CCC[C@H](O)c1nc2ccc(-c3cnc4ccc(-c5cn(C(c6ccccc6)(c6ccccc6)c6ccccc6)nc5-c5ccc(F)cc5)cn34)cc2s1. The predicted octanol–water partition coefficient (Wildman–Crippen LogP) is 11.0. The van der Waals surface area contributed by atoms with Gasteiger partial charge in [-0.25, -0.2) is 14.4 Å². The Labute approximate surface area is 316 Å². The van der Waals surface area contributed by atoms with Crippen LogP contribution >= 0.6 is 11.3 Å². The maximum atomic E-state index is 14.4. The summed E-state index contributed by atoms with van der Waals surface area (Å²) in [6, 6.07) is 48.2. The summed E-state index contributed by atoms with van der Waals surface area (Å²) in [5.41, 5.74) is 9.28. The van der Waals surface area contributed by atoms with E-state index in [1.165, 1.54) is 23.5 Å². The lowest BCUT2D eigenvalue weighted by Gasteiger charge is -2.36. The summed E-state index contributed by atoms with van der Waals surface area (Å²) in [5, 5.41) is 16.8. The molecule has 0 saturated carbocycles. The molecule has 0 fully saturated rings. The summed E-state index contributed by atoms with van der Waals surface area (Å²) in [4.78, 5) is 9.48. The van der Waals surface area contributed by atoms with Crippen LogP contribution in [0.2, 0.25) is 0 Å². The summed E-state index contributed by atoms with van der Waals surface area (Å²) in [7, 11) is 0. The lowest BCUT2D eigenvalue weighted by molar-refractivity contribution is 0.166. The molecule has 0 spiro atoms. The summed E-state index contributed by atoms with van der Waals surface area (Å²) in [6.45, 7) is 2.06. The van der Waals surface area contributed by atoms with Crippen LogP contribution in [0, 0.1) is 5.82 Å². The van der Waals surface area contributed by atoms with Gasteiger partial charge in [-0.15, -0.1) is 11.3 Å². The van der Waals surface area contributed by atoms with Crippen molar-refractivity contribution in [2.75, 3.05) is 0 Å². The molecule has 9 aromatic rings. The summed E-state index contributed by atoms with van der Waals surface area (Å²) in [5.74, 6) is -0.304. The van der Waals surface area contributed by atoms with Crippen LogP contribution in [0.3, 0.4) is 0 Å². The number of aliphatic hydroxyl groups excluding tert-OH is 1. The highest BCUT2D eigenvalue weighted by atomic mass is 32.1. The topological polar surface area (TPSA) is 68.2 Å². The van der Waals surface area contributed by atoms with E-state index in [1.807, 2.05) is 36.5 Å². The number of hydrogen-bond acceptors (Lipinski definition) is 5. The fourth-order valence-corrected chi connectivity index (χ4v) is 8.53. The van der Waals surface area contributed by atoms with Crippen LogP contribution in [-0.4, -0.2) is 29.3 Å². The second-order valence-electron chi connectivity index (χ2n) is 13.5. The lowest BCUT2D eigenvalue weighted by Crippen LogP contribution is -2.38. The molecule has 5 aromatic carbocycles. The maximum absolute atomic E-state index is 14.4. The van der Waals surface area contributed by atoms with Crippen molar-refractivity contribution in [1.82, 2.24) is 24.1 Å². The Morgan fingerprint density at radius 1 is 0.722 bits per heavy atom. The highest BCUT2D eigenvalue weighted by Crippen LogP contribution is 2.43. The summed E-state index contributed by atoms with van der Waals surface area (Å²) < 4.78 is 19.5. The first-order valence-electron chi connectivity index (χ1n) is 18.1. The van der Waals surface area contributed by atoms with Gasteiger partial charge in [0.05, 0.1) is 22.1 Å². The minimum atomic E-state index is -0.839. The quantitative estimate of drug-likeness (QED) is 0.143. The van der Waals surface area contributed by atoms with Gasteiger partial charge in [-0.1, -0.05) is 110 Å². The zero-order chi connectivity index (χ0) is 36.6. The Morgan fingerprint density at radius 2 is 1.33 bits per heavy atom. The molecule has 0 aliphatic heterocycles. The van der Waals surface area contributed by atoms with Crippen molar-refractivity contribution < 1.29 is 9.50 Å². The fraction of sp³-hybridized carbons (Fsp3) is 0.109. The minimum absolute atomic E-state index is 0.304. The number of imidazole rings is 1. The van der Waals surface area contributed by atoms with Crippen LogP contribution in [0.5, 0.6) is 0 Å². The number of fused-ring (bicyclic) bond motifs is 2. The van der Waals surface area contributed by atoms with Crippen molar-refractivity contribution >= 4 is 27.2 Å². The molecule has 6 nitrogen and oxygen atoms in total. The number of hydrogen-bond donors (Lipinski definition) is 1. The Bertz CT molecular complexity index is 2610. The molecule has 1 atom stereocenters. The molecule has 9 rings (SSSR count). The second kappa shape index (κ2) is 14.0. The third kappa shape index (κ3) is 5.80. The van der Waals surface area contributed by atoms with Crippen LogP contribution in [0.4, 0.5) is 4.39 Å².